The molecular weight excluding hydrogens is 282 g/mol. The highest BCUT2D eigenvalue weighted by Gasteiger charge is 2.11. The summed E-state index contributed by atoms with van der Waals surface area (Å²) < 4.78 is 4.75. The zero-order chi connectivity index (χ0) is 16.4. The van der Waals surface area contributed by atoms with Crippen molar-refractivity contribution in [3.63, 3.8) is 0 Å². The average Bonchev–Trinajstić information content (AvgIpc) is 2.47. The molecule has 0 fully saturated rings. The van der Waals surface area contributed by atoms with Crippen molar-refractivity contribution >= 4 is 23.3 Å². The molecule has 2 N–H and O–H groups in total. The van der Waals surface area contributed by atoms with E-state index in [0.717, 1.165) is 0 Å². The molecule has 0 saturated carbocycles. The number of ether oxygens (including phenoxy) is 1. The van der Waals surface area contributed by atoms with Crippen LogP contribution in [0, 0.1) is 0 Å². The molecule has 0 atom stereocenters. The predicted molar refractivity (Wildman–Crippen MR) is 87.9 cm³/mol. The second-order valence-corrected chi connectivity index (χ2v) is 4.47. The highest BCUT2D eigenvalue weighted by atomic mass is 16.5. The third-order valence-corrected chi connectivity index (χ3v) is 2.66. The Bertz CT molecular complexity index is 533. The Balaban J connectivity index is 2.72. The Hall–Kier alpha value is -2.60. The molecule has 6 nitrogen and oxygen atoms in total. The van der Waals surface area contributed by atoms with Crippen molar-refractivity contribution < 1.29 is 14.3 Å². The van der Waals surface area contributed by atoms with E-state index in [1.807, 2.05) is 0 Å². The molecular formula is C16H21N3O3. The Kier molecular flexibility index (Phi) is 7.42. The fraction of sp³-hybridized carbons (Fsp3) is 0.250. The maximum absolute atomic E-state index is 12.1. The number of hydrogen-bond donors (Lipinski definition) is 2. The van der Waals surface area contributed by atoms with E-state index in [4.69, 9.17) is 4.74 Å². The standard InChI is InChI=1S/C16H21N3O3/c1-4-9-19(10-5-2)16(21)18-14-8-6-7-13(11-14)17-15(20)12-22-3/h4-8,11H,1-2,9-10,12H2,3H3,(H,17,20)(H,18,21). The number of amides is 3. The van der Waals surface area contributed by atoms with E-state index in [9.17, 15) is 9.59 Å². The van der Waals surface area contributed by atoms with Gasteiger partial charge in [-0.15, -0.1) is 13.2 Å². The molecule has 22 heavy (non-hydrogen) atoms. The number of nitrogens with one attached hydrogen (secondary N) is 2. The van der Waals surface area contributed by atoms with Gasteiger partial charge in [-0.1, -0.05) is 18.2 Å². The maximum Gasteiger partial charge on any atom is 0.322 e. The van der Waals surface area contributed by atoms with Crippen LogP contribution in [0.1, 0.15) is 0 Å². The van der Waals surface area contributed by atoms with Gasteiger partial charge in [-0.3, -0.25) is 4.79 Å². The van der Waals surface area contributed by atoms with Crippen LogP contribution in [-0.4, -0.2) is 43.6 Å². The van der Waals surface area contributed by atoms with Crippen molar-refractivity contribution in [2.75, 3.05) is 37.4 Å². The van der Waals surface area contributed by atoms with Gasteiger partial charge in [0.1, 0.15) is 6.61 Å². The fourth-order valence-corrected chi connectivity index (χ4v) is 1.76. The van der Waals surface area contributed by atoms with Crippen molar-refractivity contribution in [1.29, 1.82) is 0 Å². The average molecular weight is 303 g/mol. The smallest absolute Gasteiger partial charge is 0.322 e. The van der Waals surface area contributed by atoms with Crippen LogP contribution in [0.3, 0.4) is 0 Å². The number of nitrogens with zero attached hydrogens (tertiary/aromatic N) is 1. The predicted octanol–water partition coefficient (Wildman–Crippen LogP) is 2.48. The Morgan fingerprint density at radius 2 is 1.77 bits per heavy atom. The van der Waals surface area contributed by atoms with Crippen LogP contribution in [0.4, 0.5) is 16.2 Å². The summed E-state index contributed by atoms with van der Waals surface area (Å²) in [6.07, 6.45) is 3.29. The lowest BCUT2D eigenvalue weighted by molar-refractivity contribution is -0.119. The molecule has 3 amide bonds. The van der Waals surface area contributed by atoms with Gasteiger partial charge in [0.2, 0.25) is 5.91 Å². The normalized spacial score (nSPS) is 9.68. The summed E-state index contributed by atoms with van der Waals surface area (Å²) in [4.78, 5) is 25.2. The quantitative estimate of drug-likeness (QED) is 0.725. The fourth-order valence-electron chi connectivity index (χ4n) is 1.76. The van der Waals surface area contributed by atoms with Crippen LogP contribution in [0.2, 0.25) is 0 Å². The van der Waals surface area contributed by atoms with E-state index < -0.39 is 0 Å². The third kappa shape index (κ3) is 5.80. The molecule has 0 aliphatic rings. The number of methoxy groups -OCH3 is 1. The van der Waals surface area contributed by atoms with Crippen LogP contribution in [0.25, 0.3) is 0 Å². The summed E-state index contributed by atoms with van der Waals surface area (Å²) in [7, 11) is 1.45. The summed E-state index contributed by atoms with van der Waals surface area (Å²) in [5.41, 5.74) is 1.16. The van der Waals surface area contributed by atoms with Gasteiger partial charge in [-0.2, -0.15) is 0 Å². The molecule has 1 aromatic rings. The van der Waals surface area contributed by atoms with Crippen molar-refractivity contribution in [3.05, 3.63) is 49.6 Å². The molecule has 0 unspecified atom stereocenters. The number of carbonyl (C=O) groups is 2. The Morgan fingerprint density at radius 1 is 1.18 bits per heavy atom. The van der Waals surface area contributed by atoms with Gasteiger partial charge in [0.05, 0.1) is 0 Å². The second kappa shape index (κ2) is 9.36. The summed E-state index contributed by atoms with van der Waals surface area (Å²) in [6, 6.07) is 6.62. The number of anilines is 2. The maximum atomic E-state index is 12.1. The molecule has 0 radical (unpaired) electrons. The van der Waals surface area contributed by atoms with Crippen LogP contribution in [0.5, 0.6) is 0 Å². The molecule has 0 spiro atoms. The highest BCUT2D eigenvalue weighted by molar-refractivity contribution is 5.94. The molecule has 0 saturated heterocycles. The van der Waals surface area contributed by atoms with Crippen molar-refractivity contribution in [2.45, 2.75) is 0 Å². The SMILES string of the molecule is C=CCN(CC=C)C(=O)Nc1cccc(NC(=O)COC)c1. The summed E-state index contributed by atoms with van der Waals surface area (Å²) >= 11 is 0. The number of urea groups is 1. The van der Waals surface area contributed by atoms with Gasteiger partial charge >= 0.3 is 6.03 Å². The molecule has 0 aliphatic heterocycles. The molecule has 0 heterocycles. The molecule has 118 valence electrons. The molecule has 1 rings (SSSR count). The van der Waals surface area contributed by atoms with Crippen molar-refractivity contribution in [1.82, 2.24) is 4.90 Å². The van der Waals surface area contributed by atoms with Crippen LogP contribution >= 0.6 is 0 Å². The Labute approximate surface area is 130 Å². The first kappa shape index (κ1) is 17.5. The first-order valence-corrected chi connectivity index (χ1v) is 6.77. The lowest BCUT2D eigenvalue weighted by Gasteiger charge is -2.20. The van der Waals surface area contributed by atoms with Crippen molar-refractivity contribution in [2.24, 2.45) is 0 Å². The molecule has 0 aromatic heterocycles. The molecule has 0 aliphatic carbocycles. The molecule has 0 bridgehead atoms. The van der Waals surface area contributed by atoms with E-state index in [1.165, 1.54) is 7.11 Å². The van der Waals surface area contributed by atoms with Crippen molar-refractivity contribution in [3.8, 4) is 0 Å². The first-order valence-electron chi connectivity index (χ1n) is 6.77. The summed E-state index contributed by atoms with van der Waals surface area (Å²) in [5.74, 6) is -0.258. The molecule has 6 heteroatoms. The summed E-state index contributed by atoms with van der Waals surface area (Å²) in [6.45, 7) is 8.06. The number of benzene rings is 1. The van der Waals surface area contributed by atoms with E-state index in [0.29, 0.717) is 24.5 Å². The number of hydrogen-bond acceptors (Lipinski definition) is 3. The topological polar surface area (TPSA) is 70.7 Å². The van der Waals surface area contributed by atoms with E-state index in [1.54, 1.807) is 41.3 Å². The minimum Gasteiger partial charge on any atom is -0.375 e. The third-order valence-electron chi connectivity index (χ3n) is 2.66. The van der Waals surface area contributed by atoms with Gasteiger partial charge in [0.15, 0.2) is 0 Å². The van der Waals surface area contributed by atoms with E-state index in [-0.39, 0.29) is 18.5 Å². The van der Waals surface area contributed by atoms with Gasteiger partial charge in [0.25, 0.3) is 0 Å². The van der Waals surface area contributed by atoms with Crippen LogP contribution in [0.15, 0.2) is 49.6 Å². The Morgan fingerprint density at radius 3 is 2.32 bits per heavy atom. The second-order valence-electron chi connectivity index (χ2n) is 4.47. The lowest BCUT2D eigenvalue weighted by Crippen LogP contribution is -2.35. The number of carbonyl (C=O) groups excluding carboxylic acids is 2. The minimum atomic E-state index is -0.264. The van der Waals surface area contributed by atoms with Crippen LogP contribution < -0.4 is 10.6 Å². The zero-order valence-electron chi connectivity index (χ0n) is 12.7. The van der Waals surface area contributed by atoms with E-state index in [2.05, 4.69) is 23.8 Å². The number of rotatable bonds is 8. The molecule has 1 aromatic carbocycles. The highest BCUT2D eigenvalue weighted by Crippen LogP contribution is 2.15. The van der Waals surface area contributed by atoms with Gasteiger partial charge in [-0.25, -0.2) is 4.79 Å². The lowest BCUT2D eigenvalue weighted by atomic mass is 10.2. The van der Waals surface area contributed by atoms with Gasteiger partial charge < -0.3 is 20.3 Å². The first-order chi connectivity index (χ1) is 10.6. The van der Waals surface area contributed by atoms with Gasteiger partial charge in [-0.05, 0) is 18.2 Å². The largest absolute Gasteiger partial charge is 0.375 e. The monoisotopic (exact) mass is 303 g/mol. The van der Waals surface area contributed by atoms with Gasteiger partial charge in [0, 0.05) is 31.6 Å². The van der Waals surface area contributed by atoms with Crippen LogP contribution in [-0.2, 0) is 9.53 Å². The zero-order valence-corrected chi connectivity index (χ0v) is 12.7. The van der Waals surface area contributed by atoms with E-state index >= 15 is 0 Å². The summed E-state index contributed by atoms with van der Waals surface area (Å²) in [5, 5.41) is 5.44. The minimum absolute atomic E-state index is 0.0248.